The molecular weight excluding hydrogens is 396 g/mol. The molecule has 2 aromatic carbocycles. The zero-order valence-corrected chi connectivity index (χ0v) is 15.6. The molecule has 1 aliphatic heterocycles. The fourth-order valence-electron chi connectivity index (χ4n) is 3.22. The summed E-state index contributed by atoms with van der Waals surface area (Å²) in [4.78, 5) is 24.3. The average molecular weight is 411 g/mol. The Bertz CT molecular complexity index is 1090. The van der Waals surface area contributed by atoms with Crippen LogP contribution in [0.2, 0.25) is 0 Å². The smallest absolute Gasteiger partial charge is 0.343 e. The first-order valence-corrected chi connectivity index (χ1v) is 9.03. The van der Waals surface area contributed by atoms with Crippen LogP contribution in [0.1, 0.15) is 30.4 Å². The molecule has 0 saturated heterocycles. The van der Waals surface area contributed by atoms with Crippen LogP contribution >= 0.6 is 15.9 Å². The zero-order valence-electron chi connectivity index (χ0n) is 14.0. The molecule has 0 spiro atoms. The van der Waals surface area contributed by atoms with E-state index in [2.05, 4.69) is 15.9 Å². The second-order valence-corrected chi connectivity index (χ2v) is 7.20. The van der Waals surface area contributed by atoms with E-state index in [0.29, 0.717) is 22.7 Å². The molecule has 1 aromatic heterocycles. The summed E-state index contributed by atoms with van der Waals surface area (Å²) in [6, 6.07) is 15.0. The monoisotopic (exact) mass is 410 g/mol. The minimum atomic E-state index is -0.462. The highest BCUT2D eigenvalue weighted by Crippen LogP contribution is 2.41. The number of Topliss-reactive ketones (excluding diaryl/α,β-unsaturated/α-hetero) is 1. The van der Waals surface area contributed by atoms with Gasteiger partial charge in [-0.25, -0.2) is 4.79 Å². The Hall–Kier alpha value is -2.66. The van der Waals surface area contributed by atoms with Crippen LogP contribution in [-0.2, 0) is 4.79 Å². The quantitative estimate of drug-likeness (QED) is 0.566. The highest BCUT2D eigenvalue weighted by atomic mass is 79.9. The number of fused-ring (bicyclic) bond motifs is 3. The van der Waals surface area contributed by atoms with Crippen LogP contribution in [0.5, 0.6) is 5.75 Å². The maximum atomic E-state index is 12.6. The molecule has 0 aliphatic carbocycles. The predicted molar refractivity (Wildman–Crippen MR) is 103 cm³/mol. The number of carbonyl (C=O) groups excluding carboxylic acids is 1. The summed E-state index contributed by atoms with van der Waals surface area (Å²) in [5.74, 6) is 0.730. The molecule has 1 atom stereocenters. The molecule has 3 aromatic rings. The lowest BCUT2D eigenvalue weighted by Gasteiger charge is -2.24. The van der Waals surface area contributed by atoms with E-state index >= 15 is 0 Å². The van der Waals surface area contributed by atoms with Crippen molar-refractivity contribution in [3.8, 4) is 5.75 Å². The lowest BCUT2D eigenvalue weighted by Crippen LogP contribution is -2.20. The minimum Gasteiger partial charge on any atom is -0.456 e. The van der Waals surface area contributed by atoms with Gasteiger partial charge in [-0.2, -0.15) is 0 Å². The number of rotatable bonds is 3. The maximum Gasteiger partial charge on any atom is 0.343 e. The molecule has 2 heterocycles. The van der Waals surface area contributed by atoms with E-state index in [1.165, 1.54) is 6.92 Å². The number of hydrogen-bond donors (Lipinski definition) is 0. The summed E-state index contributed by atoms with van der Waals surface area (Å²) in [6.45, 7) is 1.52. The number of hydrogen-bond acceptors (Lipinski definition) is 4. The summed E-state index contributed by atoms with van der Waals surface area (Å²) >= 11 is 3.42. The van der Waals surface area contributed by atoms with Gasteiger partial charge in [0.1, 0.15) is 22.9 Å². The second kappa shape index (κ2) is 6.57. The molecule has 4 nitrogen and oxygen atoms in total. The Kier molecular flexibility index (Phi) is 4.24. The molecule has 130 valence electrons. The van der Waals surface area contributed by atoms with Crippen molar-refractivity contribution in [2.24, 2.45) is 0 Å². The van der Waals surface area contributed by atoms with Crippen LogP contribution in [0.3, 0.4) is 0 Å². The zero-order chi connectivity index (χ0) is 18.3. The van der Waals surface area contributed by atoms with Gasteiger partial charge in [0.2, 0.25) is 0 Å². The highest BCUT2D eigenvalue weighted by molar-refractivity contribution is 9.10. The van der Waals surface area contributed by atoms with Gasteiger partial charge in [-0.3, -0.25) is 4.79 Å². The third kappa shape index (κ3) is 2.99. The third-order valence-corrected chi connectivity index (χ3v) is 4.90. The number of ketones is 1. The van der Waals surface area contributed by atoms with Crippen molar-refractivity contribution in [2.75, 3.05) is 0 Å². The Morgan fingerprint density at radius 3 is 2.58 bits per heavy atom. The molecule has 0 N–H and O–H groups in total. The molecular formula is C21H15BrO4. The summed E-state index contributed by atoms with van der Waals surface area (Å²) in [6.07, 6.45) is 2.05. The van der Waals surface area contributed by atoms with Gasteiger partial charge in [0, 0.05) is 22.4 Å². The van der Waals surface area contributed by atoms with Crippen molar-refractivity contribution in [1.29, 1.82) is 0 Å². The van der Waals surface area contributed by atoms with Crippen molar-refractivity contribution in [3.05, 3.63) is 80.6 Å². The fraction of sp³-hybridized carbons (Fsp3) is 0.143. The summed E-state index contributed by atoms with van der Waals surface area (Å²) in [7, 11) is 0. The number of benzene rings is 2. The summed E-state index contributed by atoms with van der Waals surface area (Å²) < 4.78 is 12.5. The standard InChI is InChI=1S/C21H15BrO4/c1-12(23)10-14-11-18(13-6-8-15(22)9-7-13)25-20-16-4-2-3-5-17(16)26-21(24)19(14)20/h2-9,11,14H,10H2,1H3/t14-/m1/s1. The van der Waals surface area contributed by atoms with Crippen molar-refractivity contribution < 1.29 is 13.9 Å². The molecule has 1 aliphatic rings. The largest absolute Gasteiger partial charge is 0.456 e. The molecule has 26 heavy (non-hydrogen) atoms. The van der Waals surface area contributed by atoms with Gasteiger partial charge in [0.15, 0.2) is 0 Å². The van der Waals surface area contributed by atoms with Gasteiger partial charge in [-0.15, -0.1) is 0 Å². The van der Waals surface area contributed by atoms with E-state index in [0.717, 1.165) is 15.4 Å². The lowest BCUT2D eigenvalue weighted by atomic mass is 9.90. The molecule has 5 heteroatoms. The van der Waals surface area contributed by atoms with Crippen LogP contribution in [0, 0.1) is 0 Å². The average Bonchev–Trinajstić information content (AvgIpc) is 2.61. The van der Waals surface area contributed by atoms with Gasteiger partial charge in [0.05, 0.1) is 10.9 Å². The second-order valence-electron chi connectivity index (χ2n) is 6.28. The number of carbonyl (C=O) groups is 1. The molecule has 4 rings (SSSR count). The van der Waals surface area contributed by atoms with E-state index in [-0.39, 0.29) is 18.1 Å². The number of ether oxygens (including phenoxy) is 1. The van der Waals surface area contributed by atoms with Crippen molar-refractivity contribution in [1.82, 2.24) is 0 Å². The molecule has 0 amide bonds. The van der Waals surface area contributed by atoms with Crippen molar-refractivity contribution >= 4 is 38.4 Å². The Morgan fingerprint density at radius 1 is 1.12 bits per heavy atom. The van der Waals surface area contributed by atoms with E-state index in [1.807, 2.05) is 42.5 Å². The van der Waals surface area contributed by atoms with Crippen LogP contribution < -0.4 is 10.4 Å². The Labute approximate surface area is 158 Å². The number of halogens is 1. The molecule has 0 radical (unpaired) electrons. The third-order valence-electron chi connectivity index (χ3n) is 4.37. The van der Waals surface area contributed by atoms with Crippen LogP contribution in [0.4, 0.5) is 0 Å². The number of allylic oxidation sites excluding steroid dienone is 1. The lowest BCUT2D eigenvalue weighted by molar-refractivity contribution is -0.117. The van der Waals surface area contributed by atoms with E-state index in [1.54, 1.807) is 12.1 Å². The first-order valence-electron chi connectivity index (χ1n) is 8.23. The molecule has 0 fully saturated rings. The van der Waals surface area contributed by atoms with Gasteiger partial charge in [-0.05, 0) is 37.3 Å². The van der Waals surface area contributed by atoms with Crippen molar-refractivity contribution in [3.63, 3.8) is 0 Å². The van der Waals surface area contributed by atoms with Crippen LogP contribution in [0.25, 0.3) is 16.7 Å². The first kappa shape index (κ1) is 16.8. The van der Waals surface area contributed by atoms with Gasteiger partial charge in [0.25, 0.3) is 0 Å². The van der Waals surface area contributed by atoms with E-state index in [9.17, 15) is 9.59 Å². The highest BCUT2D eigenvalue weighted by Gasteiger charge is 2.29. The van der Waals surface area contributed by atoms with E-state index in [4.69, 9.17) is 9.15 Å². The Balaban J connectivity index is 1.93. The van der Waals surface area contributed by atoms with Crippen LogP contribution in [0.15, 0.2) is 68.3 Å². The topological polar surface area (TPSA) is 56.5 Å². The SMILES string of the molecule is CC(=O)C[C@@H]1C=C(c2ccc(Br)cc2)Oc2c1c(=O)oc1ccccc21. The van der Waals surface area contributed by atoms with Crippen LogP contribution in [-0.4, -0.2) is 5.78 Å². The van der Waals surface area contributed by atoms with Gasteiger partial charge < -0.3 is 9.15 Å². The molecule has 0 unspecified atom stereocenters. The Morgan fingerprint density at radius 2 is 1.85 bits per heavy atom. The van der Waals surface area contributed by atoms with E-state index < -0.39 is 5.63 Å². The summed E-state index contributed by atoms with van der Waals surface area (Å²) in [5.41, 5.74) is 1.29. The minimum absolute atomic E-state index is 0.00168. The van der Waals surface area contributed by atoms with Gasteiger partial charge in [-0.1, -0.05) is 40.2 Å². The first-order chi connectivity index (χ1) is 12.5. The normalized spacial score (nSPS) is 15.9. The number of para-hydroxylation sites is 1. The molecule has 0 saturated carbocycles. The van der Waals surface area contributed by atoms with Gasteiger partial charge >= 0.3 is 5.63 Å². The molecule has 0 bridgehead atoms. The van der Waals surface area contributed by atoms with Crippen molar-refractivity contribution in [2.45, 2.75) is 19.3 Å². The fourth-order valence-corrected chi connectivity index (χ4v) is 3.48. The predicted octanol–water partition coefficient (Wildman–Crippen LogP) is 5.05. The summed E-state index contributed by atoms with van der Waals surface area (Å²) in [5, 5.41) is 0.721. The maximum absolute atomic E-state index is 12.6.